The molecule has 4 nitrogen and oxygen atoms in total. The van der Waals surface area contributed by atoms with Gasteiger partial charge in [-0.1, -0.05) is 0 Å². The Kier molecular flexibility index (Phi) is 6.15. The average Bonchev–Trinajstić information content (AvgIpc) is 2.15. The van der Waals surface area contributed by atoms with E-state index in [9.17, 15) is 4.79 Å². The van der Waals surface area contributed by atoms with Gasteiger partial charge in [0.15, 0.2) is 0 Å². The molecule has 0 heterocycles. The van der Waals surface area contributed by atoms with Crippen LogP contribution in [-0.4, -0.2) is 18.8 Å². The Balaban J connectivity index is 0.00000256. The normalized spacial score (nSPS) is 11.6. The fraction of sp³-hybridized carbons (Fsp3) is 0.417. The molecule has 0 aliphatic heterocycles. The first-order valence-electron chi connectivity index (χ1n) is 5.00. The minimum atomic E-state index is -0.614. The van der Waals surface area contributed by atoms with Crippen LogP contribution in [0.5, 0.6) is 5.75 Å². The maximum Gasteiger partial charge on any atom is 1.00 e. The molecule has 0 spiro atoms. The van der Waals surface area contributed by atoms with Crippen LogP contribution in [0.25, 0.3) is 0 Å². The van der Waals surface area contributed by atoms with Crippen LogP contribution in [0.1, 0.15) is 20.8 Å². The Morgan fingerprint density at radius 3 is 2.59 bits per heavy atom. The van der Waals surface area contributed by atoms with E-state index >= 15 is 0 Å². The molecule has 1 rings (SSSR count). The maximum absolute atomic E-state index is 11.5. The summed E-state index contributed by atoms with van der Waals surface area (Å²) in [5.74, 6) is 0.549. The fourth-order valence-corrected chi connectivity index (χ4v) is 1.11. The minimum absolute atomic E-state index is 0. The summed E-state index contributed by atoms with van der Waals surface area (Å²) in [4.78, 5) is 15.3. The number of hydrogen-bond donors (Lipinski definition) is 0. The van der Waals surface area contributed by atoms with E-state index in [4.69, 9.17) is 9.47 Å². The molecule has 0 saturated heterocycles. The Bertz CT molecular complexity index is 432. The van der Waals surface area contributed by atoms with E-state index in [1.54, 1.807) is 39.0 Å². The molecular formula is C12H16LiNO3. The van der Waals surface area contributed by atoms with Gasteiger partial charge in [-0.25, -0.2) is 4.79 Å². The Labute approximate surface area is 113 Å². The van der Waals surface area contributed by atoms with Gasteiger partial charge in [0, 0.05) is 11.1 Å². The van der Waals surface area contributed by atoms with Gasteiger partial charge >= 0.3 is 25.0 Å². The second-order valence-electron chi connectivity index (χ2n) is 4.26. The third-order valence-corrected chi connectivity index (χ3v) is 1.69. The number of benzene rings is 1. The largest absolute Gasteiger partial charge is 1.00 e. The zero-order valence-electron chi connectivity index (χ0n) is 11.0. The van der Waals surface area contributed by atoms with E-state index in [0.717, 1.165) is 0 Å². The topological polar surface area (TPSA) is 47.9 Å². The zero-order chi connectivity index (χ0) is 12.2. The number of nitrogens with zero attached hydrogens (tertiary/aromatic N) is 1. The van der Waals surface area contributed by atoms with Crippen LogP contribution >= 0.6 is 0 Å². The Morgan fingerprint density at radius 1 is 1.41 bits per heavy atom. The zero-order valence-corrected chi connectivity index (χ0v) is 11.0. The first-order valence-corrected chi connectivity index (χ1v) is 5.00. The van der Waals surface area contributed by atoms with Gasteiger partial charge in [0.05, 0.1) is 7.11 Å². The molecule has 1 amide bonds. The van der Waals surface area contributed by atoms with Crippen molar-refractivity contribution < 1.29 is 33.1 Å². The van der Waals surface area contributed by atoms with Gasteiger partial charge in [0.2, 0.25) is 0 Å². The number of carbonyl (C=O) groups excluding carboxylic acids is 1. The van der Waals surface area contributed by atoms with E-state index < -0.39 is 11.7 Å². The van der Waals surface area contributed by atoms with Crippen molar-refractivity contribution in [2.75, 3.05) is 7.11 Å². The van der Waals surface area contributed by atoms with Gasteiger partial charge in [-0.05, 0) is 20.8 Å². The van der Waals surface area contributed by atoms with E-state index in [-0.39, 0.29) is 18.9 Å². The van der Waals surface area contributed by atoms with Crippen LogP contribution in [0.15, 0.2) is 29.3 Å². The molecule has 5 heteroatoms. The van der Waals surface area contributed by atoms with Crippen molar-refractivity contribution in [1.29, 1.82) is 0 Å². The van der Waals surface area contributed by atoms with Crippen molar-refractivity contribution in [2.24, 2.45) is 4.99 Å². The van der Waals surface area contributed by atoms with E-state index in [1.807, 2.05) is 6.07 Å². The van der Waals surface area contributed by atoms with Gasteiger partial charge in [0.1, 0.15) is 5.60 Å². The van der Waals surface area contributed by atoms with Crippen LogP contribution in [0.3, 0.4) is 0 Å². The molecule has 0 aliphatic rings. The van der Waals surface area contributed by atoms with Gasteiger partial charge < -0.3 is 9.47 Å². The van der Waals surface area contributed by atoms with Crippen molar-refractivity contribution in [2.45, 2.75) is 26.4 Å². The standard InChI is InChI=1S/C12H16NO3.Li/c1-12(2,3)16-11(14)13-9-7-5-6-8-10(9)15-4;/h5-8H,1-4H3;/q-1;+1/b13-9-;. The molecule has 0 saturated carbocycles. The molecule has 0 N–H and O–H groups in total. The second-order valence-corrected chi connectivity index (χ2v) is 4.26. The smallest absolute Gasteiger partial charge is 0.552 e. The number of carbonyl (C=O) groups is 1. The number of ether oxygens (including phenoxy) is 2. The van der Waals surface area contributed by atoms with Crippen LogP contribution < -0.4 is 29.0 Å². The number of hydrogen-bond acceptors (Lipinski definition) is 3. The molecular weight excluding hydrogens is 213 g/mol. The SMILES string of the molecule is COc1ccc[cH-]/c1=N/C(=O)OC(C)(C)C.[Li+]. The molecule has 0 aliphatic carbocycles. The molecule has 0 aromatic heterocycles. The first-order chi connectivity index (χ1) is 7.42. The van der Waals surface area contributed by atoms with Crippen LogP contribution in [0, 0.1) is 0 Å². The summed E-state index contributed by atoms with van der Waals surface area (Å²) in [6.45, 7) is 5.38. The summed E-state index contributed by atoms with van der Waals surface area (Å²) in [5.41, 5.74) is -0.539. The third-order valence-electron chi connectivity index (χ3n) is 1.69. The summed E-state index contributed by atoms with van der Waals surface area (Å²) >= 11 is 0. The Hall–Kier alpha value is -1.11. The number of amides is 1. The molecule has 1 aromatic rings. The fourth-order valence-electron chi connectivity index (χ4n) is 1.11. The van der Waals surface area contributed by atoms with Crippen LogP contribution in [-0.2, 0) is 4.74 Å². The van der Waals surface area contributed by atoms with E-state index in [2.05, 4.69) is 4.99 Å². The molecule has 0 atom stereocenters. The molecule has 1 aromatic carbocycles. The number of rotatable bonds is 1. The summed E-state index contributed by atoms with van der Waals surface area (Å²) in [6.07, 6.45) is -0.614. The van der Waals surface area contributed by atoms with E-state index in [0.29, 0.717) is 11.1 Å². The molecule has 0 radical (unpaired) electrons. The van der Waals surface area contributed by atoms with Gasteiger partial charge in [0.25, 0.3) is 0 Å². The molecule has 0 unspecified atom stereocenters. The summed E-state index contributed by atoms with van der Waals surface area (Å²) in [5, 5.41) is 0.472. The molecule has 88 valence electrons. The number of methoxy groups -OCH3 is 1. The van der Waals surface area contributed by atoms with Crippen molar-refractivity contribution >= 4 is 6.09 Å². The third kappa shape index (κ3) is 5.67. The average molecular weight is 229 g/mol. The van der Waals surface area contributed by atoms with Crippen molar-refractivity contribution in [3.05, 3.63) is 29.6 Å². The first kappa shape index (κ1) is 15.9. The summed E-state index contributed by atoms with van der Waals surface area (Å²) in [7, 11) is 1.53. The van der Waals surface area contributed by atoms with Crippen molar-refractivity contribution in [3.8, 4) is 5.75 Å². The Morgan fingerprint density at radius 2 is 2.06 bits per heavy atom. The predicted molar refractivity (Wildman–Crippen MR) is 60.4 cm³/mol. The maximum atomic E-state index is 11.5. The molecule has 17 heavy (non-hydrogen) atoms. The number of para-hydroxylation sites is 2. The minimum Gasteiger partial charge on any atom is -0.552 e. The molecule has 0 fully saturated rings. The van der Waals surface area contributed by atoms with E-state index in [1.165, 1.54) is 7.11 Å². The summed E-state index contributed by atoms with van der Waals surface area (Å²) in [6, 6.07) is 7.03. The van der Waals surface area contributed by atoms with Crippen molar-refractivity contribution in [3.63, 3.8) is 0 Å². The predicted octanol–water partition coefficient (Wildman–Crippen LogP) is -0.746. The quantitative estimate of drug-likeness (QED) is 0.470. The molecule has 0 bridgehead atoms. The monoisotopic (exact) mass is 229 g/mol. The van der Waals surface area contributed by atoms with Gasteiger partial charge in [-0.15, -0.1) is 12.1 Å². The van der Waals surface area contributed by atoms with Crippen molar-refractivity contribution in [1.82, 2.24) is 0 Å². The van der Waals surface area contributed by atoms with Crippen LogP contribution in [0.2, 0.25) is 0 Å². The van der Waals surface area contributed by atoms with Gasteiger partial charge in [-0.3, -0.25) is 0 Å². The summed E-state index contributed by atoms with van der Waals surface area (Å²) < 4.78 is 10.2. The second kappa shape index (κ2) is 6.58. The van der Waals surface area contributed by atoms with Gasteiger partial charge in [-0.2, -0.15) is 17.1 Å². The van der Waals surface area contributed by atoms with Crippen LogP contribution in [0.4, 0.5) is 4.79 Å².